The molecule has 0 radical (unpaired) electrons. The molecule has 4 heteroatoms. The molecule has 26 heavy (non-hydrogen) atoms. The molecule has 0 fully saturated rings. The molecule has 0 saturated carbocycles. The average Bonchev–Trinajstić information content (AvgIpc) is 3.18. The average molecular weight is 341 g/mol. The Kier molecular flexibility index (Phi) is 3.93. The van der Waals surface area contributed by atoms with Crippen LogP contribution in [0.1, 0.15) is 36.6 Å². The van der Waals surface area contributed by atoms with Gasteiger partial charge in [-0.2, -0.15) is 0 Å². The monoisotopic (exact) mass is 341 g/mol. The van der Waals surface area contributed by atoms with Gasteiger partial charge in [0.05, 0.1) is 6.04 Å². The van der Waals surface area contributed by atoms with E-state index < -0.39 is 0 Å². The van der Waals surface area contributed by atoms with Crippen molar-refractivity contribution in [3.05, 3.63) is 101 Å². The highest BCUT2D eigenvalue weighted by Gasteiger charge is 2.26. The summed E-state index contributed by atoms with van der Waals surface area (Å²) in [5.74, 6) is -0.557. The summed E-state index contributed by atoms with van der Waals surface area (Å²) in [4.78, 5) is 37.2. The Morgan fingerprint density at radius 1 is 0.846 bits per heavy atom. The molecule has 0 heterocycles. The van der Waals surface area contributed by atoms with E-state index in [1.54, 1.807) is 48.5 Å². The van der Waals surface area contributed by atoms with Crippen LogP contribution in [-0.2, 0) is 0 Å². The van der Waals surface area contributed by atoms with Crippen molar-refractivity contribution in [2.24, 2.45) is 0 Å². The first-order valence-corrected chi connectivity index (χ1v) is 8.29. The highest BCUT2D eigenvalue weighted by atomic mass is 16.2. The molecule has 2 aromatic carbocycles. The Morgan fingerprint density at radius 3 is 2.19 bits per heavy atom. The second kappa shape index (κ2) is 6.41. The van der Waals surface area contributed by atoms with Crippen molar-refractivity contribution in [2.75, 3.05) is 0 Å². The molecule has 0 atom stereocenters. The van der Waals surface area contributed by atoms with E-state index in [2.05, 4.69) is 5.32 Å². The maximum absolute atomic E-state index is 12.7. The van der Waals surface area contributed by atoms with Crippen LogP contribution in [0.2, 0.25) is 0 Å². The van der Waals surface area contributed by atoms with Crippen LogP contribution >= 0.6 is 0 Å². The van der Waals surface area contributed by atoms with E-state index in [9.17, 15) is 14.4 Å². The lowest BCUT2D eigenvalue weighted by atomic mass is 9.86. The van der Waals surface area contributed by atoms with Gasteiger partial charge >= 0.3 is 0 Å². The first-order chi connectivity index (χ1) is 12.6. The topological polar surface area (TPSA) is 63.2 Å². The minimum atomic E-state index is -0.192. The van der Waals surface area contributed by atoms with Crippen molar-refractivity contribution in [1.29, 1.82) is 0 Å². The summed E-state index contributed by atoms with van der Waals surface area (Å²) >= 11 is 0. The number of hydrogen-bond donors (Lipinski definition) is 1. The Labute approximate surface area is 150 Å². The van der Waals surface area contributed by atoms with Crippen LogP contribution in [-0.4, -0.2) is 23.5 Å². The minimum Gasteiger partial charge on any atom is -0.342 e. The van der Waals surface area contributed by atoms with E-state index in [-0.39, 0.29) is 23.5 Å². The number of Topliss-reactive ketones (excluding diaryl/α,β-unsaturated/α-hetero) is 1. The maximum atomic E-state index is 12.7. The van der Waals surface area contributed by atoms with E-state index in [1.165, 1.54) is 6.08 Å². The summed E-state index contributed by atoms with van der Waals surface area (Å²) in [6.45, 7) is 0. The van der Waals surface area contributed by atoms with Crippen LogP contribution in [0.15, 0.2) is 78.9 Å². The van der Waals surface area contributed by atoms with Gasteiger partial charge in [-0.25, -0.2) is 0 Å². The summed E-state index contributed by atoms with van der Waals surface area (Å²) in [7, 11) is 0. The number of allylic oxidation sites excluding steroid dienone is 4. The van der Waals surface area contributed by atoms with E-state index in [4.69, 9.17) is 0 Å². The van der Waals surface area contributed by atoms with Crippen molar-refractivity contribution < 1.29 is 14.4 Å². The van der Waals surface area contributed by atoms with Crippen molar-refractivity contribution in [2.45, 2.75) is 6.04 Å². The number of carbonyl (C=O) groups excluding carboxylic acids is 3. The largest absolute Gasteiger partial charge is 0.342 e. The third-order valence-corrected chi connectivity index (χ3v) is 4.46. The number of hydrogen-bond acceptors (Lipinski definition) is 3. The number of carbonyl (C=O) groups is 3. The first kappa shape index (κ1) is 16.0. The van der Waals surface area contributed by atoms with Crippen LogP contribution < -0.4 is 5.32 Å². The van der Waals surface area contributed by atoms with Crippen LogP contribution in [0, 0.1) is 0 Å². The van der Waals surface area contributed by atoms with Crippen LogP contribution in [0.25, 0.3) is 5.57 Å². The molecular weight excluding hydrogens is 326 g/mol. The van der Waals surface area contributed by atoms with Gasteiger partial charge in [-0.3, -0.25) is 14.4 Å². The van der Waals surface area contributed by atoms with Gasteiger partial charge in [0.15, 0.2) is 11.6 Å². The van der Waals surface area contributed by atoms with Gasteiger partial charge in [-0.1, -0.05) is 60.7 Å². The summed E-state index contributed by atoms with van der Waals surface area (Å²) in [5.41, 5.74) is 2.31. The number of nitrogens with one attached hydrogen (secondary N) is 1. The summed E-state index contributed by atoms with van der Waals surface area (Å²) < 4.78 is 0. The van der Waals surface area contributed by atoms with Crippen molar-refractivity contribution >= 4 is 23.0 Å². The molecule has 2 aromatic rings. The second-order valence-electron chi connectivity index (χ2n) is 6.14. The van der Waals surface area contributed by atoms with Gasteiger partial charge in [0.25, 0.3) is 5.91 Å². The summed E-state index contributed by atoms with van der Waals surface area (Å²) in [6, 6.07) is 13.4. The Hall–Kier alpha value is -3.53. The van der Waals surface area contributed by atoms with Gasteiger partial charge in [0.2, 0.25) is 0 Å². The smallest absolute Gasteiger partial charge is 0.251 e. The molecule has 1 amide bonds. The Bertz CT molecular complexity index is 998. The van der Waals surface area contributed by atoms with E-state index >= 15 is 0 Å². The predicted octanol–water partition coefficient (Wildman–Crippen LogP) is 3.37. The van der Waals surface area contributed by atoms with Crippen LogP contribution in [0.5, 0.6) is 0 Å². The summed E-state index contributed by atoms with van der Waals surface area (Å²) in [5, 5.41) is 2.87. The number of ketones is 2. The molecule has 2 aliphatic rings. The number of benzene rings is 2. The fourth-order valence-electron chi connectivity index (χ4n) is 3.09. The molecule has 0 unspecified atom stereocenters. The van der Waals surface area contributed by atoms with Gasteiger partial charge in [-0.05, 0) is 23.8 Å². The molecule has 1 N–H and O–H groups in total. The molecule has 0 aliphatic heterocycles. The Balaban J connectivity index is 1.58. The normalized spacial score (nSPS) is 15.8. The molecule has 126 valence electrons. The van der Waals surface area contributed by atoms with Crippen molar-refractivity contribution in [1.82, 2.24) is 5.32 Å². The lowest BCUT2D eigenvalue weighted by Gasteiger charge is -2.15. The molecule has 0 bridgehead atoms. The van der Waals surface area contributed by atoms with E-state index in [1.807, 2.05) is 24.3 Å². The molecule has 2 aliphatic carbocycles. The quantitative estimate of drug-likeness (QED) is 0.931. The Morgan fingerprint density at radius 2 is 1.50 bits per heavy atom. The van der Waals surface area contributed by atoms with Crippen molar-refractivity contribution in [3.8, 4) is 0 Å². The van der Waals surface area contributed by atoms with Gasteiger partial charge < -0.3 is 5.32 Å². The standard InChI is InChI=1S/C22H15NO3/c24-20-13-19(21(25)18-8-4-3-7-17(18)20)14-9-11-15(12-10-14)22(26)23-16-5-1-2-6-16/h1-13,16H,(H,23,26). The fraction of sp³-hybridized carbons (Fsp3) is 0.0455. The third kappa shape index (κ3) is 2.82. The van der Waals surface area contributed by atoms with Crippen LogP contribution in [0.4, 0.5) is 0 Å². The zero-order chi connectivity index (χ0) is 18.1. The number of amides is 1. The maximum Gasteiger partial charge on any atom is 0.251 e. The van der Waals surface area contributed by atoms with Crippen molar-refractivity contribution in [3.63, 3.8) is 0 Å². The lowest BCUT2D eigenvalue weighted by molar-refractivity contribution is 0.0949. The number of fused-ring (bicyclic) bond motifs is 1. The second-order valence-corrected chi connectivity index (χ2v) is 6.14. The fourth-order valence-corrected chi connectivity index (χ4v) is 3.09. The third-order valence-electron chi connectivity index (χ3n) is 4.46. The van der Waals surface area contributed by atoms with Gasteiger partial charge in [-0.15, -0.1) is 0 Å². The zero-order valence-electron chi connectivity index (χ0n) is 13.8. The molecule has 0 spiro atoms. The number of rotatable bonds is 3. The van der Waals surface area contributed by atoms with Crippen LogP contribution in [0.3, 0.4) is 0 Å². The highest BCUT2D eigenvalue weighted by molar-refractivity contribution is 6.38. The molecule has 4 nitrogen and oxygen atoms in total. The van der Waals surface area contributed by atoms with Gasteiger partial charge in [0, 0.05) is 22.3 Å². The van der Waals surface area contributed by atoms with E-state index in [0.717, 1.165) is 0 Å². The summed E-state index contributed by atoms with van der Waals surface area (Å²) in [6.07, 6.45) is 8.91. The molecular formula is C22H15NO3. The first-order valence-electron chi connectivity index (χ1n) is 8.29. The highest BCUT2D eigenvalue weighted by Crippen LogP contribution is 2.27. The molecule has 0 aromatic heterocycles. The zero-order valence-corrected chi connectivity index (χ0v) is 13.8. The van der Waals surface area contributed by atoms with Gasteiger partial charge in [0.1, 0.15) is 0 Å². The predicted molar refractivity (Wildman–Crippen MR) is 99.1 cm³/mol. The van der Waals surface area contributed by atoms with E-state index in [0.29, 0.717) is 27.8 Å². The molecule has 4 rings (SSSR count). The molecule has 0 saturated heterocycles. The SMILES string of the molecule is O=C(NC1C=CC=C1)c1ccc(C2=CC(=O)c3ccccc3C2=O)cc1. The lowest BCUT2D eigenvalue weighted by Crippen LogP contribution is -2.31. The minimum absolute atomic E-state index is 0.0982.